The van der Waals surface area contributed by atoms with E-state index in [0.717, 1.165) is 6.42 Å². The molecule has 0 unspecified atom stereocenters. The lowest BCUT2D eigenvalue weighted by Crippen LogP contribution is -2.38. The minimum atomic E-state index is -0.120. The molecule has 0 saturated carbocycles. The minimum absolute atomic E-state index is 0.0291. The summed E-state index contributed by atoms with van der Waals surface area (Å²) in [4.78, 5) is 25.7. The Balaban J connectivity index is 1.88. The topological polar surface area (TPSA) is 49.4 Å². The van der Waals surface area contributed by atoms with E-state index in [4.69, 9.17) is 11.6 Å². The molecule has 0 aliphatic carbocycles. The summed E-state index contributed by atoms with van der Waals surface area (Å²) in [5.74, 6) is -0.0593. The summed E-state index contributed by atoms with van der Waals surface area (Å²) in [6, 6.07) is 3.44. The molecule has 2 amide bonds. The Hall–Kier alpha value is -0.590. The summed E-state index contributed by atoms with van der Waals surface area (Å²) in [5, 5.41) is 3.25. The number of carbonyl (C=O) groups excluding carboxylic acids is 2. The first-order chi connectivity index (χ1) is 8.60. The third-order valence-electron chi connectivity index (χ3n) is 2.79. The quantitative estimate of drug-likeness (QED) is 0.848. The van der Waals surface area contributed by atoms with Crippen LogP contribution in [-0.2, 0) is 4.79 Å². The molecule has 18 heavy (non-hydrogen) atoms. The normalized spacial score (nSPS) is 19.0. The van der Waals surface area contributed by atoms with Crippen LogP contribution in [0.2, 0.25) is 4.34 Å². The molecule has 1 aromatic heterocycles. The van der Waals surface area contributed by atoms with Crippen molar-refractivity contribution < 1.29 is 9.59 Å². The number of hydrogen-bond acceptors (Lipinski definition) is 3. The van der Waals surface area contributed by atoms with Crippen LogP contribution >= 0.6 is 38.9 Å². The SMILES string of the molecule is O=C(N[C@@H]1CCN(C(=O)CBr)C1)c1ccc(Cl)s1. The zero-order valence-corrected chi connectivity index (χ0v) is 12.6. The van der Waals surface area contributed by atoms with E-state index in [0.29, 0.717) is 27.6 Å². The van der Waals surface area contributed by atoms with Crippen LogP contribution in [0.3, 0.4) is 0 Å². The van der Waals surface area contributed by atoms with Gasteiger partial charge in [0.25, 0.3) is 5.91 Å². The van der Waals surface area contributed by atoms with Gasteiger partial charge in [-0.15, -0.1) is 11.3 Å². The van der Waals surface area contributed by atoms with Gasteiger partial charge in [0.05, 0.1) is 14.5 Å². The molecule has 1 aliphatic heterocycles. The van der Waals surface area contributed by atoms with E-state index < -0.39 is 0 Å². The van der Waals surface area contributed by atoms with Gasteiger partial charge in [0, 0.05) is 19.1 Å². The first-order valence-electron chi connectivity index (χ1n) is 5.50. The van der Waals surface area contributed by atoms with Crippen LogP contribution < -0.4 is 5.32 Å². The molecular weight excluding hydrogens is 340 g/mol. The predicted molar refractivity (Wildman–Crippen MR) is 75.6 cm³/mol. The largest absolute Gasteiger partial charge is 0.347 e. The number of likely N-dealkylation sites (tertiary alicyclic amines) is 1. The van der Waals surface area contributed by atoms with Gasteiger partial charge in [0.15, 0.2) is 0 Å². The third kappa shape index (κ3) is 3.24. The first kappa shape index (κ1) is 13.8. The minimum Gasteiger partial charge on any atom is -0.347 e. The molecule has 1 aromatic rings. The summed E-state index contributed by atoms with van der Waals surface area (Å²) in [5.41, 5.74) is 0. The molecule has 0 radical (unpaired) electrons. The highest BCUT2D eigenvalue weighted by Gasteiger charge is 2.27. The molecular formula is C11H12BrClN2O2S. The first-order valence-corrected chi connectivity index (χ1v) is 7.81. The number of alkyl halides is 1. The second kappa shape index (κ2) is 6.04. The summed E-state index contributed by atoms with van der Waals surface area (Å²) in [6.45, 7) is 1.27. The fraction of sp³-hybridized carbons (Fsp3) is 0.455. The standard InChI is InChI=1S/C11H12BrClN2O2S/c12-5-10(16)15-4-3-7(6-15)14-11(17)8-1-2-9(13)18-8/h1-2,7H,3-6H2,(H,14,17)/t7-/m1/s1. The number of carbonyl (C=O) groups is 2. The summed E-state index contributed by atoms with van der Waals surface area (Å²) in [6.07, 6.45) is 0.795. The maximum Gasteiger partial charge on any atom is 0.261 e. The fourth-order valence-electron chi connectivity index (χ4n) is 1.88. The molecule has 1 N–H and O–H groups in total. The van der Waals surface area contributed by atoms with E-state index in [2.05, 4.69) is 21.2 Å². The van der Waals surface area contributed by atoms with Gasteiger partial charge in [0.1, 0.15) is 0 Å². The van der Waals surface area contributed by atoms with Crippen LogP contribution in [0, 0.1) is 0 Å². The van der Waals surface area contributed by atoms with Crippen molar-refractivity contribution >= 4 is 50.7 Å². The Kier molecular flexibility index (Phi) is 4.64. The van der Waals surface area contributed by atoms with Gasteiger partial charge in [-0.3, -0.25) is 9.59 Å². The Morgan fingerprint density at radius 3 is 2.94 bits per heavy atom. The highest BCUT2D eigenvalue weighted by Crippen LogP contribution is 2.21. The molecule has 7 heteroatoms. The van der Waals surface area contributed by atoms with E-state index in [-0.39, 0.29) is 17.9 Å². The molecule has 4 nitrogen and oxygen atoms in total. The maximum absolute atomic E-state index is 11.9. The van der Waals surface area contributed by atoms with Crippen LogP contribution in [0.1, 0.15) is 16.1 Å². The van der Waals surface area contributed by atoms with Gasteiger partial charge in [-0.25, -0.2) is 0 Å². The number of hydrogen-bond donors (Lipinski definition) is 1. The van der Waals surface area contributed by atoms with Crippen LogP contribution in [0.5, 0.6) is 0 Å². The van der Waals surface area contributed by atoms with Gasteiger partial charge in [0.2, 0.25) is 5.91 Å². The van der Waals surface area contributed by atoms with Crippen molar-refractivity contribution in [3.8, 4) is 0 Å². The molecule has 0 bridgehead atoms. The Labute approximate surface area is 122 Å². The number of nitrogens with one attached hydrogen (secondary N) is 1. The van der Waals surface area contributed by atoms with Crippen molar-refractivity contribution in [2.24, 2.45) is 0 Å². The monoisotopic (exact) mass is 350 g/mol. The lowest BCUT2D eigenvalue weighted by Gasteiger charge is -2.15. The average Bonchev–Trinajstić information content (AvgIpc) is 2.97. The van der Waals surface area contributed by atoms with Crippen molar-refractivity contribution in [2.45, 2.75) is 12.5 Å². The maximum atomic E-state index is 11.9. The predicted octanol–water partition coefficient (Wildman–Crippen LogP) is 2.13. The molecule has 0 spiro atoms. The average molecular weight is 352 g/mol. The highest BCUT2D eigenvalue weighted by atomic mass is 79.9. The van der Waals surface area contributed by atoms with Crippen molar-refractivity contribution in [1.82, 2.24) is 10.2 Å². The summed E-state index contributed by atoms with van der Waals surface area (Å²) in [7, 11) is 0. The summed E-state index contributed by atoms with van der Waals surface area (Å²) < 4.78 is 0.600. The van der Waals surface area contributed by atoms with Gasteiger partial charge in [-0.2, -0.15) is 0 Å². The lowest BCUT2D eigenvalue weighted by atomic mass is 10.2. The Morgan fingerprint density at radius 2 is 2.33 bits per heavy atom. The smallest absolute Gasteiger partial charge is 0.261 e. The second-order valence-electron chi connectivity index (χ2n) is 4.04. The molecule has 1 aliphatic rings. The van der Waals surface area contributed by atoms with Crippen molar-refractivity contribution in [3.05, 3.63) is 21.3 Å². The van der Waals surface area contributed by atoms with Crippen molar-refractivity contribution in [2.75, 3.05) is 18.4 Å². The molecule has 2 rings (SSSR count). The van der Waals surface area contributed by atoms with E-state index in [1.807, 2.05) is 0 Å². The number of thiophene rings is 1. The van der Waals surface area contributed by atoms with Gasteiger partial charge in [-0.05, 0) is 18.6 Å². The van der Waals surface area contributed by atoms with Crippen molar-refractivity contribution in [3.63, 3.8) is 0 Å². The van der Waals surface area contributed by atoms with E-state index in [1.54, 1.807) is 17.0 Å². The van der Waals surface area contributed by atoms with Gasteiger partial charge < -0.3 is 10.2 Å². The van der Waals surface area contributed by atoms with Crippen LogP contribution in [0.15, 0.2) is 12.1 Å². The summed E-state index contributed by atoms with van der Waals surface area (Å²) >= 11 is 10.2. The number of halogens is 2. The Bertz CT molecular complexity index is 466. The number of nitrogens with zero attached hydrogens (tertiary/aromatic N) is 1. The molecule has 1 fully saturated rings. The lowest BCUT2D eigenvalue weighted by molar-refractivity contribution is -0.127. The zero-order chi connectivity index (χ0) is 13.1. The zero-order valence-electron chi connectivity index (χ0n) is 9.49. The number of rotatable bonds is 3. The van der Waals surface area contributed by atoms with E-state index in [1.165, 1.54) is 11.3 Å². The third-order valence-corrected chi connectivity index (χ3v) is 4.50. The molecule has 1 atom stereocenters. The molecule has 98 valence electrons. The van der Waals surface area contributed by atoms with Crippen molar-refractivity contribution in [1.29, 1.82) is 0 Å². The molecule has 1 saturated heterocycles. The Morgan fingerprint density at radius 1 is 1.56 bits per heavy atom. The number of amides is 2. The van der Waals surface area contributed by atoms with Gasteiger partial charge in [-0.1, -0.05) is 27.5 Å². The van der Waals surface area contributed by atoms with Gasteiger partial charge >= 0.3 is 0 Å². The van der Waals surface area contributed by atoms with E-state index in [9.17, 15) is 9.59 Å². The van der Waals surface area contributed by atoms with Crippen LogP contribution in [0.25, 0.3) is 0 Å². The van der Waals surface area contributed by atoms with Crippen LogP contribution in [0.4, 0.5) is 0 Å². The molecule has 2 heterocycles. The highest BCUT2D eigenvalue weighted by molar-refractivity contribution is 9.09. The molecule has 0 aromatic carbocycles. The van der Waals surface area contributed by atoms with E-state index >= 15 is 0 Å². The van der Waals surface area contributed by atoms with Crippen LogP contribution in [-0.4, -0.2) is 41.2 Å². The second-order valence-corrected chi connectivity index (χ2v) is 6.31. The fourth-order valence-corrected chi connectivity index (χ4v) is 3.18.